The smallest absolute Gasteiger partial charge is 0.270 e. The van der Waals surface area contributed by atoms with Crippen molar-refractivity contribution in [3.63, 3.8) is 0 Å². The maximum Gasteiger partial charge on any atom is 0.270 e. The van der Waals surface area contributed by atoms with E-state index in [1.807, 2.05) is 25.1 Å². The Labute approximate surface area is 170 Å². The SMILES string of the molecule is Cc1ccccc1C(=O)Nc1nc(C(=O)NCCCN2CCCC[C@H]2C)cs1. The third kappa shape index (κ3) is 5.39. The minimum atomic E-state index is -0.213. The van der Waals surface area contributed by atoms with Crippen LogP contribution in [0.15, 0.2) is 29.6 Å². The predicted molar refractivity (Wildman–Crippen MR) is 113 cm³/mol. The van der Waals surface area contributed by atoms with Gasteiger partial charge in [-0.05, 0) is 51.3 Å². The highest BCUT2D eigenvalue weighted by molar-refractivity contribution is 7.14. The molecule has 1 aliphatic rings. The Morgan fingerprint density at radius 2 is 2.07 bits per heavy atom. The van der Waals surface area contributed by atoms with Crippen molar-refractivity contribution in [3.8, 4) is 0 Å². The summed E-state index contributed by atoms with van der Waals surface area (Å²) in [6.45, 7) is 6.96. The fourth-order valence-electron chi connectivity index (χ4n) is 3.49. The van der Waals surface area contributed by atoms with Gasteiger partial charge in [-0.1, -0.05) is 24.6 Å². The van der Waals surface area contributed by atoms with E-state index in [0.717, 1.165) is 25.1 Å². The topological polar surface area (TPSA) is 74.3 Å². The van der Waals surface area contributed by atoms with Gasteiger partial charge in [-0.15, -0.1) is 11.3 Å². The van der Waals surface area contributed by atoms with E-state index in [2.05, 4.69) is 27.4 Å². The van der Waals surface area contributed by atoms with Crippen molar-refractivity contribution in [1.82, 2.24) is 15.2 Å². The van der Waals surface area contributed by atoms with Crippen molar-refractivity contribution in [2.75, 3.05) is 25.0 Å². The normalized spacial score (nSPS) is 17.3. The molecule has 2 N–H and O–H groups in total. The second kappa shape index (κ2) is 9.80. The zero-order valence-electron chi connectivity index (χ0n) is 16.5. The number of thiazole rings is 1. The number of benzene rings is 1. The first-order valence-electron chi connectivity index (χ1n) is 9.89. The standard InChI is InChI=1S/C21H28N4O2S/c1-15-8-3-4-10-17(15)19(26)24-21-23-18(14-28-21)20(27)22-11-7-13-25-12-6-5-9-16(25)2/h3-4,8,10,14,16H,5-7,9,11-13H2,1-2H3,(H,22,27)(H,23,24,26)/t16-/m1/s1. The molecular formula is C21H28N4O2S. The number of aryl methyl sites for hydroxylation is 1. The third-order valence-electron chi connectivity index (χ3n) is 5.20. The number of likely N-dealkylation sites (tertiary alicyclic amines) is 1. The Morgan fingerprint density at radius 1 is 1.25 bits per heavy atom. The predicted octanol–water partition coefficient (Wildman–Crippen LogP) is 3.70. The van der Waals surface area contributed by atoms with Crippen molar-refractivity contribution in [2.45, 2.75) is 45.6 Å². The molecule has 1 aromatic carbocycles. The fraction of sp³-hybridized carbons (Fsp3) is 0.476. The van der Waals surface area contributed by atoms with Crippen LogP contribution < -0.4 is 10.6 Å². The summed E-state index contributed by atoms with van der Waals surface area (Å²) in [5.74, 6) is -0.408. The summed E-state index contributed by atoms with van der Waals surface area (Å²) >= 11 is 1.26. The molecule has 0 spiro atoms. The van der Waals surface area contributed by atoms with Gasteiger partial charge in [-0.3, -0.25) is 14.9 Å². The van der Waals surface area contributed by atoms with Crippen molar-refractivity contribution in [2.24, 2.45) is 0 Å². The summed E-state index contributed by atoms with van der Waals surface area (Å²) in [5, 5.41) is 7.81. The molecule has 0 radical (unpaired) electrons. The molecule has 150 valence electrons. The van der Waals surface area contributed by atoms with Crippen LogP contribution in [0.25, 0.3) is 0 Å². The molecule has 28 heavy (non-hydrogen) atoms. The summed E-state index contributed by atoms with van der Waals surface area (Å²) in [5.41, 5.74) is 1.85. The van der Waals surface area contributed by atoms with Gasteiger partial charge in [0.05, 0.1) is 0 Å². The molecule has 1 aromatic heterocycles. The summed E-state index contributed by atoms with van der Waals surface area (Å²) < 4.78 is 0. The molecule has 3 rings (SSSR count). The fourth-order valence-corrected chi connectivity index (χ4v) is 4.18. The highest BCUT2D eigenvalue weighted by atomic mass is 32.1. The van der Waals surface area contributed by atoms with Crippen LogP contribution in [0.1, 0.15) is 59.0 Å². The van der Waals surface area contributed by atoms with E-state index in [4.69, 9.17) is 0 Å². The largest absolute Gasteiger partial charge is 0.351 e. The zero-order chi connectivity index (χ0) is 19.9. The second-order valence-electron chi connectivity index (χ2n) is 7.30. The van der Waals surface area contributed by atoms with Crippen molar-refractivity contribution >= 4 is 28.3 Å². The van der Waals surface area contributed by atoms with Crippen LogP contribution in [0, 0.1) is 6.92 Å². The number of carbonyl (C=O) groups excluding carboxylic acids is 2. The van der Waals surface area contributed by atoms with E-state index in [9.17, 15) is 9.59 Å². The molecule has 2 heterocycles. The van der Waals surface area contributed by atoms with Crippen LogP contribution in [0.3, 0.4) is 0 Å². The van der Waals surface area contributed by atoms with Crippen LogP contribution in [0.5, 0.6) is 0 Å². The maximum absolute atomic E-state index is 12.4. The van der Waals surface area contributed by atoms with Crippen LogP contribution in [0.4, 0.5) is 5.13 Å². The molecule has 0 bridgehead atoms. The van der Waals surface area contributed by atoms with Crippen LogP contribution >= 0.6 is 11.3 Å². The van der Waals surface area contributed by atoms with Gasteiger partial charge < -0.3 is 10.2 Å². The first kappa shape index (κ1) is 20.5. The van der Waals surface area contributed by atoms with E-state index < -0.39 is 0 Å². The van der Waals surface area contributed by atoms with Crippen molar-refractivity contribution < 1.29 is 9.59 Å². The average molecular weight is 401 g/mol. The van der Waals surface area contributed by atoms with Crippen molar-refractivity contribution in [3.05, 3.63) is 46.5 Å². The Morgan fingerprint density at radius 3 is 2.86 bits per heavy atom. The monoisotopic (exact) mass is 400 g/mol. The van der Waals surface area contributed by atoms with Crippen molar-refractivity contribution in [1.29, 1.82) is 0 Å². The van der Waals surface area contributed by atoms with Crippen LogP contribution in [0.2, 0.25) is 0 Å². The molecule has 1 atom stereocenters. The summed E-state index contributed by atoms with van der Waals surface area (Å²) in [4.78, 5) is 31.4. The summed E-state index contributed by atoms with van der Waals surface area (Å²) in [6, 6.07) is 8.02. The molecule has 6 nitrogen and oxygen atoms in total. The Kier molecular flexibility index (Phi) is 7.17. The Bertz CT molecular complexity index is 820. The lowest BCUT2D eigenvalue weighted by molar-refractivity contribution is 0.0943. The van der Waals surface area contributed by atoms with Gasteiger partial charge in [-0.25, -0.2) is 4.98 Å². The van der Waals surface area contributed by atoms with Gasteiger partial charge >= 0.3 is 0 Å². The Hall–Kier alpha value is -2.25. The first-order chi connectivity index (χ1) is 13.5. The first-order valence-corrected chi connectivity index (χ1v) is 10.8. The number of anilines is 1. The van der Waals surface area contributed by atoms with E-state index in [1.165, 1.54) is 30.6 Å². The molecule has 1 fully saturated rings. The third-order valence-corrected chi connectivity index (χ3v) is 5.95. The molecule has 0 aliphatic carbocycles. The van der Waals surface area contributed by atoms with Gasteiger partial charge in [0.2, 0.25) is 0 Å². The lowest BCUT2D eigenvalue weighted by Gasteiger charge is -2.33. The minimum Gasteiger partial charge on any atom is -0.351 e. The van der Waals surface area contributed by atoms with E-state index in [1.54, 1.807) is 11.4 Å². The van der Waals surface area contributed by atoms with Gasteiger partial charge in [0, 0.05) is 30.1 Å². The molecule has 7 heteroatoms. The summed E-state index contributed by atoms with van der Waals surface area (Å²) in [6.07, 6.45) is 4.78. The lowest BCUT2D eigenvalue weighted by Crippen LogP contribution is -2.39. The van der Waals surface area contributed by atoms with Gasteiger partial charge in [0.1, 0.15) is 5.69 Å². The van der Waals surface area contributed by atoms with E-state index in [0.29, 0.717) is 29.0 Å². The molecule has 0 unspecified atom stereocenters. The van der Waals surface area contributed by atoms with Gasteiger partial charge in [0.25, 0.3) is 11.8 Å². The Balaban J connectivity index is 1.45. The number of carbonyl (C=O) groups is 2. The molecule has 2 amide bonds. The highest BCUT2D eigenvalue weighted by Gasteiger charge is 2.18. The quantitative estimate of drug-likeness (QED) is 0.695. The van der Waals surface area contributed by atoms with Crippen LogP contribution in [-0.2, 0) is 0 Å². The highest BCUT2D eigenvalue weighted by Crippen LogP contribution is 2.18. The number of hydrogen-bond acceptors (Lipinski definition) is 5. The number of aromatic nitrogens is 1. The van der Waals surface area contributed by atoms with E-state index >= 15 is 0 Å². The number of nitrogens with zero attached hydrogens (tertiary/aromatic N) is 2. The molecule has 1 saturated heterocycles. The minimum absolute atomic E-state index is 0.195. The molecule has 2 aromatic rings. The van der Waals surface area contributed by atoms with Gasteiger partial charge in [-0.2, -0.15) is 0 Å². The lowest BCUT2D eigenvalue weighted by atomic mass is 10.0. The maximum atomic E-state index is 12.4. The number of rotatable bonds is 7. The number of amides is 2. The zero-order valence-corrected chi connectivity index (χ0v) is 17.3. The molecule has 0 saturated carbocycles. The van der Waals surface area contributed by atoms with Gasteiger partial charge in [0.15, 0.2) is 5.13 Å². The van der Waals surface area contributed by atoms with Crippen LogP contribution in [-0.4, -0.2) is 47.4 Å². The number of piperidine rings is 1. The second-order valence-corrected chi connectivity index (χ2v) is 8.16. The number of nitrogens with one attached hydrogen (secondary N) is 2. The summed E-state index contributed by atoms with van der Waals surface area (Å²) in [7, 11) is 0. The van der Waals surface area contributed by atoms with E-state index in [-0.39, 0.29) is 11.8 Å². The molecular weight excluding hydrogens is 372 g/mol. The molecule has 1 aliphatic heterocycles. The average Bonchev–Trinajstić information content (AvgIpc) is 3.15. The number of hydrogen-bond donors (Lipinski definition) is 2.